The minimum atomic E-state index is -0.254. The monoisotopic (exact) mass is 181 g/mol. The van der Waals surface area contributed by atoms with Gasteiger partial charge in [-0.3, -0.25) is 5.32 Å². The first-order valence-corrected chi connectivity index (χ1v) is 5.05. The van der Waals surface area contributed by atoms with Crippen LogP contribution in [0.1, 0.15) is 39.5 Å². The maximum atomic E-state index is 9.61. The van der Waals surface area contributed by atoms with E-state index in [1.807, 2.05) is 6.92 Å². The van der Waals surface area contributed by atoms with Crippen LogP contribution in [0.4, 0.5) is 0 Å². The molecule has 13 heavy (non-hydrogen) atoms. The van der Waals surface area contributed by atoms with Crippen LogP contribution in [-0.4, -0.2) is 22.8 Å². The maximum Gasteiger partial charge on any atom is 0.0770 e. The molecule has 1 unspecified atom stereocenters. The van der Waals surface area contributed by atoms with Crippen LogP contribution in [0.2, 0.25) is 0 Å². The summed E-state index contributed by atoms with van der Waals surface area (Å²) in [5, 5.41) is 13.0. The van der Waals surface area contributed by atoms with Crippen LogP contribution < -0.4 is 5.32 Å². The lowest BCUT2D eigenvalue weighted by Crippen LogP contribution is -2.49. The third kappa shape index (κ3) is 2.46. The van der Waals surface area contributed by atoms with Crippen molar-refractivity contribution in [3.05, 3.63) is 0 Å². The summed E-state index contributed by atoms with van der Waals surface area (Å²) in [6, 6.07) is 0.195. The lowest BCUT2D eigenvalue weighted by atomic mass is 9.98. The summed E-state index contributed by atoms with van der Waals surface area (Å²) in [5.41, 5.74) is -0.254. The molecule has 2 N–H and O–H groups in total. The largest absolute Gasteiger partial charge is 0.392 e. The molecule has 3 atom stereocenters. The Kier molecular flexibility index (Phi) is 3.35. The molecule has 0 aliphatic heterocycles. The molecular weight excluding hydrogens is 162 g/mol. The number of rotatable bonds is 3. The highest BCUT2D eigenvalue weighted by Crippen LogP contribution is 2.22. The van der Waals surface area contributed by atoms with Crippen molar-refractivity contribution in [3.63, 3.8) is 0 Å². The van der Waals surface area contributed by atoms with Gasteiger partial charge in [0.05, 0.1) is 11.6 Å². The van der Waals surface area contributed by atoms with Gasteiger partial charge < -0.3 is 5.11 Å². The van der Waals surface area contributed by atoms with Crippen LogP contribution in [0, 0.1) is 12.3 Å². The van der Waals surface area contributed by atoms with Crippen molar-refractivity contribution in [1.29, 1.82) is 0 Å². The minimum absolute atomic E-state index is 0.195. The van der Waals surface area contributed by atoms with Crippen molar-refractivity contribution in [2.45, 2.75) is 57.2 Å². The van der Waals surface area contributed by atoms with Gasteiger partial charge in [-0.05, 0) is 32.6 Å². The molecule has 0 aromatic rings. The normalized spacial score (nSPS) is 32.5. The lowest BCUT2D eigenvalue weighted by molar-refractivity contribution is 0.137. The number of hydrogen-bond acceptors (Lipinski definition) is 2. The standard InChI is InChI=1S/C11H19NO/c1-4-11(3,5-2)12-9-7-6-8-10(9)13/h1,9-10,12-13H,5-8H2,2-3H3/t9-,10-,11?/m1/s1. The molecule has 1 aliphatic rings. The second-order valence-corrected chi connectivity index (χ2v) is 4.08. The smallest absolute Gasteiger partial charge is 0.0770 e. The molecule has 0 aromatic heterocycles. The van der Waals surface area contributed by atoms with Gasteiger partial charge >= 0.3 is 0 Å². The summed E-state index contributed by atoms with van der Waals surface area (Å²) >= 11 is 0. The molecule has 1 aliphatic carbocycles. The molecule has 1 fully saturated rings. The Bertz CT molecular complexity index is 209. The quantitative estimate of drug-likeness (QED) is 0.643. The van der Waals surface area contributed by atoms with Crippen molar-refractivity contribution in [2.75, 3.05) is 0 Å². The lowest BCUT2D eigenvalue weighted by Gasteiger charge is -2.29. The van der Waals surface area contributed by atoms with Crippen LogP contribution >= 0.6 is 0 Å². The topological polar surface area (TPSA) is 32.3 Å². The first-order valence-electron chi connectivity index (χ1n) is 5.05. The minimum Gasteiger partial charge on any atom is -0.392 e. The van der Waals surface area contributed by atoms with Crippen molar-refractivity contribution in [2.24, 2.45) is 0 Å². The van der Waals surface area contributed by atoms with E-state index in [1.54, 1.807) is 0 Å². The summed E-state index contributed by atoms with van der Waals surface area (Å²) in [5.74, 6) is 2.75. The van der Waals surface area contributed by atoms with E-state index in [1.165, 1.54) is 0 Å². The van der Waals surface area contributed by atoms with E-state index in [9.17, 15) is 5.11 Å². The van der Waals surface area contributed by atoms with Crippen molar-refractivity contribution in [1.82, 2.24) is 5.32 Å². The van der Waals surface area contributed by atoms with Crippen LogP contribution in [0.3, 0.4) is 0 Å². The highest BCUT2D eigenvalue weighted by molar-refractivity contribution is 5.11. The molecule has 0 spiro atoms. The van der Waals surface area contributed by atoms with Gasteiger partial charge in [0.25, 0.3) is 0 Å². The molecule has 0 amide bonds. The Morgan fingerprint density at radius 2 is 2.31 bits per heavy atom. The second-order valence-electron chi connectivity index (χ2n) is 4.08. The van der Waals surface area contributed by atoms with Crippen LogP contribution in [0.25, 0.3) is 0 Å². The van der Waals surface area contributed by atoms with Gasteiger partial charge in [-0.2, -0.15) is 0 Å². The van der Waals surface area contributed by atoms with Gasteiger partial charge in [0.15, 0.2) is 0 Å². The van der Waals surface area contributed by atoms with Crippen LogP contribution in [0.5, 0.6) is 0 Å². The number of aliphatic hydroxyl groups excluding tert-OH is 1. The van der Waals surface area contributed by atoms with E-state index in [0.717, 1.165) is 25.7 Å². The Morgan fingerprint density at radius 1 is 1.62 bits per heavy atom. The first-order chi connectivity index (χ1) is 6.11. The predicted molar refractivity (Wildman–Crippen MR) is 54.3 cm³/mol. The highest BCUT2D eigenvalue weighted by atomic mass is 16.3. The van der Waals surface area contributed by atoms with E-state index >= 15 is 0 Å². The average molecular weight is 181 g/mol. The SMILES string of the molecule is C#CC(C)(CC)N[C@@H]1CCC[C@H]1O. The zero-order valence-electron chi connectivity index (χ0n) is 8.51. The Morgan fingerprint density at radius 3 is 2.69 bits per heavy atom. The summed E-state index contributed by atoms with van der Waals surface area (Å²) in [6.07, 6.45) is 9.18. The fraction of sp³-hybridized carbons (Fsp3) is 0.818. The van der Waals surface area contributed by atoms with Gasteiger partial charge in [0, 0.05) is 6.04 Å². The maximum absolute atomic E-state index is 9.61. The van der Waals surface area contributed by atoms with E-state index in [-0.39, 0.29) is 17.7 Å². The molecule has 0 radical (unpaired) electrons. The van der Waals surface area contributed by atoms with Gasteiger partial charge in [0.2, 0.25) is 0 Å². The summed E-state index contributed by atoms with van der Waals surface area (Å²) in [4.78, 5) is 0. The van der Waals surface area contributed by atoms with Crippen molar-refractivity contribution in [3.8, 4) is 12.3 Å². The van der Waals surface area contributed by atoms with Crippen molar-refractivity contribution >= 4 is 0 Å². The zero-order valence-corrected chi connectivity index (χ0v) is 8.51. The Hall–Kier alpha value is -0.520. The molecule has 1 rings (SSSR count). The number of nitrogens with one attached hydrogen (secondary N) is 1. The summed E-state index contributed by atoms with van der Waals surface area (Å²) < 4.78 is 0. The van der Waals surface area contributed by atoms with E-state index < -0.39 is 0 Å². The zero-order chi connectivity index (χ0) is 9.90. The highest BCUT2D eigenvalue weighted by Gasteiger charge is 2.30. The molecule has 0 heterocycles. The fourth-order valence-electron chi connectivity index (χ4n) is 1.76. The molecule has 74 valence electrons. The summed E-state index contributed by atoms with van der Waals surface area (Å²) in [6.45, 7) is 4.08. The molecule has 2 heteroatoms. The van der Waals surface area contributed by atoms with E-state index in [2.05, 4.69) is 18.2 Å². The average Bonchev–Trinajstić information content (AvgIpc) is 2.52. The van der Waals surface area contributed by atoms with E-state index in [4.69, 9.17) is 6.42 Å². The van der Waals surface area contributed by atoms with Crippen LogP contribution in [-0.2, 0) is 0 Å². The van der Waals surface area contributed by atoms with Gasteiger partial charge in [-0.1, -0.05) is 12.8 Å². The molecule has 0 aromatic carbocycles. The molecule has 0 bridgehead atoms. The number of aliphatic hydroxyl groups is 1. The second kappa shape index (κ2) is 4.13. The predicted octanol–water partition coefficient (Wildman–Crippen LogP) is 1.29. The molecule has 1 saturated carbocycles. The third-order valence-electron chi connectivity index (χ3n) is 3.01. The van der Waals surface area contributed by atoms with Gasteiger partial charge in [-0.15, -0.1) is 6.42 Å². The molecule has 2 nitrogen and oxygen atoms in total. The van der Waals surface area contributed by atoms with Gasteiger partial charge in [-0.25, -0.2) is 0 Å². The number of terminal acetylenes is 1. The molecule has 0 saturated heterocycles. The van der Waals surface area contributed by atoms with Crippen molar-refractivity contribution < 1.29 is 5.11 Å². The number of hydrogen-bond donors (Lipinski definition) is 2. The first kappa shape index (κ1) is 10.6. The third-order valence-corrected chi connectivity index (χ3v) is 3.01. The Balaban J connectivity index is 2.52. The van der Waals surface area contributed by atoms with Gasteiger partial charge in [0.1, 0.15) is 0 Å². The Labute approximate surface area is 80.7 Å². The molecular formula is C11H19NO. The fourth-order valence-corrected chi connectivity index (χ4v) is 1.76. The summed E-state index contributed by atoms with van der Waals surface area (Å²) in [7, 11) is 0. The van der Waals surface area contributed by atoms with Crippen LogP contribution in [0.15, 0.2) is 0 Å². The van der Waals surface area contributed by atoms with E-state index in [0.29, 0.717) is 0 Å².